The first-order valence-electron chi connectivity index (χ1n) is 7.99. The highest BCUT2D eigenvalue weighted by molar-refractivity contribution is 7.15. The number of hydrogen-bond acceptors (Lipinski definition) is 5. The number of aromatic nitrogens is 2. The molecule has 3 aliphatic rings. The Balaban J connectivity index is 1.75. The van der Waals surface area contributed by atoms with E-state index < -0.39 is 0 Å². The summed E-state index contributed by atoms with van der Waals surface area (Å²) in [6.45, 7) is 11.5. The van der Waals surface area contributed by atoms with Gasteiger partial charge in [0.2, 0.25) is 5.13 Å². The second-order valence-corrected chi connectivity index (χ2v) is 7.56. The fourth-order valence-corrected chi connectivity index (χ4v) is 4.35. The molecular weight excluding hydrogens is 268 g/mol. The molecule has 0 radical (unpaired) electrons. The van der Waals surface area contributed by atoms with Crippen LogP contribution in [0.3, 0.4) is 0 Å². The molecule has 4 rings (SSSR count). The summed E-state index contributed by atoms with van der Waals surface area (Å²) in [6, 6.07) is 0.722. The van der Waals surface area contributed by atoms with E-state index in [1.807, 2.05) is 0 Å². The van der Waals surface area contributed by atoms with Crippen LogP contribution in [0.1, 0.15) is 51.0 Å². The fraction of sp³-hybridized carbons (Fsp3) is 0.867. The van der Waals surface area contributed by atoms with Crippen molar-refractivity contribution in [2.24, 2.45) is 5.92 Å². The van der Waals surface area contributed by atoms with Crippen LogP contribution in [-0.2, 0) is 0 Å². The number of fused-ring (bicyclic) bond motifs is 4. The van der Waals surface area contributed by atoms with Crippen LogP contribution in [0.5, 0.6) is 0 Å². The molecule has 4 nitrogen and oxygen atoms in total. The van der Waals surface area contributed by atoms with E-state index >= 15 is 0 Å². The summed E-state index contributed by atoms with van der Waals surface area (Å²) >= 11 is 1.79. The van der Waals surface area contributed by atoms with E-state index in [4.69, 9.17) is 0 Å². The standard InChI is InChI=1S/C15H26N4S/c1-4-7-18-8-12-5-6-13(18)10-19(9-12)15-17-16-14(20-15)11(2)3/h11-13H,4-10H2,1-3H3/t12-,13-/m0/s1. The minimum atomic E-state index is 0.488. The van der Waals surface area contributed by atoms with Gasteiger partial charge in [-0.05, 0) is 31.7 Å². The lowest BCUT2D eigenvalue weighted by atomic mass is 9.95. The molecule has 2 bridgehead atoms. The Morgan fingerprint density at radius 1 is 1.20 bits per heavy atom. The maximum absolute atomic E-state index is 4.45. The minimum absolute atomic E-state index is 0.488. The SMILES string of the molecule is CCCN1C[C@@H]2CC[C@H]1CN(c1nnc(C(C)C)s1)C2. The van der Waals surface area contributed by atoms with Crippen LogP contribution in [-0.4, -0.2) is 47.3 Å². The minimum Gasteiger partial charge on any atom is -0.345 e. The van der Waals surface area contributed by atoms with Gasteiger partial charge in [0.1, 0.15) is 5.01 Å². The fourth-order valence-electron chi connectivity index (χ4n) is 3.48. The highest BCUT2D eigenvalue weighted by Gasteiger charge is 2.35. The van der Waals surface area contributed by atoms with Gasteiger partial charge in [0, 0.05) is 31.6 Å². The van der Waals surface area contributed by atoms with Gasteiger partial charge in [-0.15, -0.1) is 10.2 Å². The Morgan fingerprint density at radius 2 is 2.05 bits per heavy atom. The van der Waals surface area contributed by atoms with Crippen molar-refractivity contribution >= 4 is 16.5 Å². The van der Waals surface area contributed by atoms with Crippen LogP contribution in [0.4, 0.5) is 5.13 Å². The number of nitrogens with zero attached hydrogens (tertiary/aromatic N) is 4. The van der Waals surface area contributed by atoms with Gasteiger partial charge in [-0.25, -0.2) is 0 Å². The summed E-state index contributed by atoms with van der Waals surface area (Å²) in [7, 11) is 0. The van der Waals surface area contributed by atoms with Crippen LogP contribution in [0.2, 0.25) is 0 Å². The first-order chi connectivity index (χ1) is 9.67. The van der Waals surface area contributed by atoms with Crippen LogP contribution >= 0.6 is 11.3 Å². The van der Waals surface area contributed by atoms with Gasteiger partial charge in [0.05, 0.1) is 0 Å². The summed E-state index contributed by atoms with van der Waals surface area (Å²) < 4.78 is 0. The summed E-state index contributed by atoms with van der Waals surface area (Å²) in [5.41, 5.74) is 0. The molecule has 0 aromatic carbocycles. The molecule has 0 spiro atoms. The highest BCUT2D eigenvalue weighted by Crippen LogP contribution is 2.33. The average Bonchev–Trinajstić information content (AvgIpc) is 2.75. The van der Waals surface area contributed by atoms with E-state index in [9.17, 15) is 0 Å². The lowest BCUT2D eigenvalue weighted by molar-refractivity contribution is 0.134. The third-order valence-corrected chi connectivity index (χ3v) is 5.82. The molecule has 3 saturated heterocycles. The zero-order chi connectivity index (χ0) is 14.1. The van der Waals surface area contributed by atoms with Gasteiger partial charge in [-0.3, -0.25) is 4.90 Å². The second-order valence-electron chi connectivity index (χ2n) is 6.57. The maximum atomic E-state index is 4.45. The van der Waals surface area contributed by atoms with Crippen LogP contribution in [0, 0.1) is 5.92 Å². The second kappa shape index (κ2) is 5.98. The molecule has 5 heteroatoms. The number of anilines is 1. The van der Waals surface area contributed by atoms with Crippen molar-refractivity contribution in [1.82, 2.24) is 15.1 Å². The quantitative estimate of drug-likeness (QED) is 0.854. The molecule has 0 saturated carbocycles. The van der Waals surface area contributed by atoms with Gasteiger partial charge < -0.3 is 4.90 Å². The Kier molecular flexibility index (Phi) is 4.26. The molecule has 0 amide bonds. The van der Waals surface area contributed by atoms with Crippen molar-refractivity contribution in [2.75, 3.05) is 31.1 Å². The van der Waals surface area contributed by atoms with Crippen molar-refractivity contribution in [3.8, 4) is 0 Å². The zero-order valence-electron chi connectivity index (χ0n) is 12.9. The molecule has 4 heterocycles. The van der Waals surface area contributed by atoms with E-state index in [0.717, 1.165) is 23.6 Å². The Labute approximate surface area is 126 Å². The van der Waals surface area contributed by atoms with Crippen LogP contribution in [0.15, 0.2) is 0 Å². The van der Waals surface area contributed by atoms with E-state index in [1.54, 1.807) is 11.3 Å². The Morgan fingerprint density at radius 3 is 2.75 bits per heavy atom. The largest absolute Gasteiger partial charge is 0.345 e. The molecule has 20 heavy (non-hydrogen) atoms. The predicted octanol–water partition coefficient (Wildman–Crippen LogP) is 2.97. The third kappa shape index (κ3) is 2.84. The lowest BCUT2D eigenvalue weighted by Gasteiger charge is -2.35. The molecule has 1 aromatic heterocycles. The van der Waals surface area contributed by atoms with Gasteiger partial charge in [-0.2, -0.15) is 0 Å². The molecule has 2 atom stereocenters. The van der Waals surface area contributed by atoms with Crippen molar-refractivity contribution in [3.05, 3.63) is 5.01 Å². The van der Waals surface area contributed by atoms with E-state index in [-0.39, 0.29) is 0 Å². The van der Waals surface area contributed by atoms with E-state index in [0.29, 0.717) is 5.92 Å². The van der Waals surface area contributed by atoms with Gasteiger partial charge >= 0.3 is 0 Å². The molecule has 1 aromatic rings. The number of hydrogen-bond donors (Lipinski definition) is 0. The van der Waals surface area contributed by atoms with Crippen LogP contribution < -0.4 is 4.90 Å². The smallest absolute Gasteiger partial charge is 0.208 e. The van der Waals surface area contributed by atoms with Gasteiger partial charge in [0.15, 0.2) is 0 Å². The summed E-state index contributed by atoms with van der Waals surface area (Å²) in [6.07, 6.45) is 4.01. The highest BCUT2D eigenvalue weighted by atomic mass is 32.1. The predicted molar refractivity (Wildman–Crippen MR) is 84.6 cm³/mol. The van der Waals surface area contributed by atoms with Gasteiger partial charge in [0.25, 0.3) is 0 Å². The van der Waals surface area contributed by atoms with Crippen molar-refractivity contribution in [1.29, 1.82) is 0 Å². The van der Waals surface area contributed by atoms with Crippen molar-refractivity contribution < 1.29 is 0 Å². The summed E-state index contributed by atoms with van der Waals surface area (Å²) in [5.74, 6) is 1.30. The summed E-state index contributed by atoms with van der Waals surface area (Å²) in [4.78, 5) is 5.21. The number of rotatable bonds is 4. The average molecular weight is 294 g/mol. The first-order valence-corrected chi connectivity index (χ1v) is 8.81. The Hall–Kier alpha value is -0.680. The zero-order valence-corrected chi connectivity index (χ0v) is 13.7. The molecule has 0 unspecified atom stereocenters. The third-order valence-electron chi connectivity index (χ3n) is 4.53. The van der Waals surface area contributed by atoms with E-state index in [2.05, 4.69) is 40.8 Å². The molecule has 3 fully saturated rings. The monoisotopic (exact) mass is 294 g/mol. The van der Waals surface area contributed by atoms with Crippen molar-refractivity contribution in [3.63, 3.8) is 0 Å². The van der Waals surface area contributed by atoms with E-state index in [1.165, 1.54) is 43.9 Å². The number of piperidine rings is 1. The Bertz CT molecular complexity index is 445. The topological polar surface area (TPSA) is 32.3 Å². The summed E-state index contributed by atoms with van der Waals surface area (Å²) in [5, 5.41) is 11.1. The maximum Gasteiger partial charge on any atom is 0.208 e. The van der Waals surface area contributed by atoms with Crippen molar-refractivity contribution in [2.45, 2.75) is 52.0 Å². The molecule has 112 valence electrons. The molecule has 0 aliphatic carbocycles. The lowest BCUT2D eigenvalue weighted by Crippen LogP contribution is -2.44. The first kappa shape index (κ1) is 14.3. The molecule has 3 aliphatic heterocycles. The van der Waals surface area contributed by atoms with Gasteiger partial charge in [-0.1, -0.05) is 32.1 Å². The normalized spacial score (nSPS) is 27.3. The van der Waals surface area contributed by atoms with Crippen LogP contribution in [0.25, 0.3) is 0 Å². The molecular formula is C15H26N4S. The molecule has 0 N–H and O–H groups in total.